The monoisotopic (exact) mass is 417 g/mol. The first kappa shape index (κ1) is 22.9. The summed E-state index contributed by atoms with van der Waals surface area (Å²) in [5, 5.41) is 14.4. The number of alkyl halides is 2. The molecule has 0 spiro atoms. The predicted octanol–water partition coefficient (Wildman–Crippen LogP) is 4.47. The van der Waals surface area contributed by atoms with E-state index in [2.05, 4.69) is 25.3 Å². The summed E-state index contributed by atoms with van der Waals surface area (Å²) in [4.78, 5) is 8.29. The number of nitrogens with one attached hydrogen (secondary N) is 2. The summed E-state index contributed by atoms with van der Waals surface area (Å²) in [7, 11) is 0. The SMILES string of the molecule is Cc1ccc(OC(F)F)c(OCCCCCCN=C(NC#N)Nc2ccncc2)c1. The zero-order valence-electron chi connectivity index (χ0n) is 16.8. The molecule has 0 atom stereocenters. The molecule has 0 bridgehead atoms. The lowest BCUT2D eigenvalue weighted by atomic mass is 10.2. The van der Waals surface area contributed by atoms with Crippen LogP contribution in [0.3, 0.4) is 0 Å². The van der Waals surface area contributed by atoms with Gasteiger partial charge in [-0.3, -0.25) is 15.3 Å². The largest absolute Gasteiger partial charge is 0.490 e. The van der Waals surface area contributed by atoms with Crippen LogP contribution in [0.4, 0.5) is 14.5 Å². The Morgan fingerprint density at radius 1 is 1.13 bits per heavy atom. The maximum Gasteiger partial charge on any atom is 0.387 e. The minimum Gasteiger partial charge on any atom is -0.490 e. The smallest absolute Gasteiger partial charge is 0.387 e. The van der Waals surface area contributed by atoms with Crippen LogP contribution in [0, 0.1) is 18.4 Å². The van der Waals surface area contributed by atoms with Crippen molar-refractivity contribution in [3.63, 3.8) is 0 Å². The van der Waals surface area contributed by atoms with Crippen LogP contribution in [-0.4, -0.2) is 30.7 Å². The van der Waals surface area contributed by atoms with Crippen molar-refractivity contribution in [3.05, 3.63) is 48.3 Å². The number of nitrogens with zero attached hydrogens (tertiary/aromatic N) is 3. The number of rotatable bonds is 11. The molecule has 0 radical (unpaired) electrons. The molecule has 0 fully saturated rings. The quantitative estimate of drug-likeness (QED) is 0.184. The molecule has 1 aromatic heterocycles. The van der Waals surface area contributed by atoms with Gasteiger partial charge in [-0.05, 0) is 56.0 Å². The Bertz CT molecular complexity index is 841. The molecule has 2 aromatic rings. The molecular formula is C21H25F2N5O2. The number of benzene rings is 1. The molecule has 0 saturated carbocycles. The number of hydrogen-bond acceptors (Lipinski definition) is 5. The Balaban J connectivity index is 1.67. The van der Waals surface area contributed by atoms with Crippen LogP contribution in [0.1, 0.15) is 31.2 Å². The fourth-order valence-electron chi connectivity index (χ4n) is 2.60. The van der Waals surface area contributed by atoms with Gasteiger partial charge in [-0.15, -0.1) is 0 Å². The van der Waals surface area contributed by atoms with Crippen LogP contribution >= 0.6 is 0 Å². The number of ether oxygens (including phenoxy) is 2. The molecule has 2 N–H and O–H groups in total. The number of unbranched alkanes of at least 4 members (excludes halogenated alkanes) is 3. The molecule has 0 aliphatic heterocycles. The molecule has 30 heavy (non-hydrogen) atoms. The molecule has 0 unspecified atom stereocenters. The molecule has 1 aromatic carbocycles. The lowest BCUT2D eigenvalue weighted by Crippen LogP contribution is -2.27. The predicted molar refractivity (Wildman–Crippen MR) is 111 cm³/mol. The average molecular weight is 417 g/mol. The van der Waals surface area contributed by atoms with Gasteiger partial charge in [-0.1, -0.05) is 12.5 Å². The summed E-state index contributed by atoms with van der Waals surface area (Å²) in [6.07, 6.45) is 8.62. The number of aliphatic imine (C=N–C) groups is 1. The van der Waals surface area contributed by atoms with Gasteiger partial charge in [0, 0.05) is 24.6 Å². The summed E-state index contributed by atoms with van der Waals surface area (Å²) in [6.45, 7) is -0.0489. The van der Waals surface area contributed by atoms with Crippen molar-refractivity contribution in [2.24, 2.45) is 4.99 Å². The highest BCUT2D eigenvalue weighted by molar-refractivity contribution is 5.94. The van der Waals surface area contributed by atoms with Crippen molar-refractivity contribution in [1.29, 1.82) is 5.26 Å². The number of halogens is 2. The Morgan fingerprint density at radius 3 is 2.63 bits per heavy atom. The lowest BCUT2D eigenvalue weighted by Gasteiger charge is -2.12. The summed E-state index contributed by atoms with van der Waals surface area (Å²) in [5.74, 6) is 0.761. The molecule has 2 rings (SSSR count). The molecule has 0 amide bonds. The number of aryl methyl sites for hydroxylation is 1. The van der Waals surface area contributed by atoms with Gasteiger partial charge < -0.3 is 14.8 Å². The van der Waals surface area contributed by atoms with E-state index in [1.165, 1.54) is 6.07 Å². The van der Waals surface area contributed by atoms with Gasteiger partial charge in [0.25, 0.3) is 0 Å². The first-order valence-electron chi connectivity index (χ1n) is 9.63. The van der Waals surface area contributed by atoms with Gasteiger partial charge in [0.1, 0.15) is 0 Å². The van der Waals surface area contributed by atoms with Crippen LogP contribution in [0.15, 0.2) is 47.7 Å². The summed E-state index contributed by atoms with van der Waals surface area (Å²) < 4.78 is 35.0. The second kappa shape index (κ2) is 12.9. The van der Waals surface area contributed by atoms with E-state index in [0.717, 1.165) is 36.9 Å². The highest BCUT2D eigenvalue weighted by Crippen LogP contribution is 2.29. The highest BCUT2D eigenvalue weighted by Gasteiger charge is 2.10. The Labute approximate surface area is 174 Å². The van der Waals surface area contributed by atoms with E-state index in [9.17, 15) is 8.78 Å². The second-order valence-corrected chi connectivity index (χ2v) is 6.42. The number of hydrogen-bond donors (Lipinski definition) is 2. The molecule has 1 heterocycles. The van der Waals surface area contributed by atoms with Crippen molar-refractivity contribution in [1.82, 2.24) is 10.3 Å². The summed E-state index contributed by atoms with van der Waals surface area (Å²) in [6, 6.07) is 8.43. The van der Waals surface area contributed by atoms with E-state index in [0.29, 0.717) is 24.9 Å². The van der Waals surface area contributed by atoms with Crippen molar-refractivity contribution in [2.75, 3.05) is 18.5 Å². The van der Waals surface area contributed by atoms with Crippen molar-refractivity contribution < 1.29 is 18.3 Å². The molecule has 0 saturated heterocycles. The third kappa shape index (κ3) is 8.73. The van der Waals surface area contributed by atoms with E-state index >= 15 is 0 Å². The molecule has 0 aliphatic carbocycles. The van der Waals surface area contributed by atoms with E-state index in [1.54, 1.807) is 36.7 Å². The van der Waals surface area contributed by atoms with Gasteiger partial charge in [-0.25, -0.2) is 0 Å². The number of guanidine groups is 1. The number of anilines is 1. The fourth-order valence-corrected chi connectivity index (χ4v) is 2.60. The number of aromatic nitrogens is 1. The van der Waals surface area contributed by atoms with Gasteiger partial charge >= 0.3 is 6.61 Å². The number of nitriles is 1. The van der Waals surface area contributed by atoms with Gasteiger partial charge in [0.2, 0.25) is 5.96 Å². The van der Waals surface area contributed by atoms with Crippen LogP contribution in [0.2, 0.25) is 0 Å². The molecule has 160 valence electrons. The Hall–Kier alpha value is -3.41. The van der Waals surface area contributed by atoms with Crippen molar-refractivity contribution in [3.8, 4) is 17.7 Å². The minimum absolute atomic E-state index is 0.0455. The van der Waals surface area contributed by atoms with Crippen molar-refractivity contribution >= 4 is 11.6 Å². The zero-order valence-corrected chi connectivity index (χ0v) is 16.8. The summed E-state index contributed by atoms with van der Waals surface area (Å²) in [5.41, 5.74) is 1.70. The fraction of sp³-hybridized carbons (Fsp3) is 0.381. The average Bonchev–Trinajstić information content (AvgIpc) is 2.72. The van der Waals surface area contributed by atoms with Crippen LogP contribution < -0.4 is 20.1 Å². The van der Waals surface area contributed by atoms with E-state index in [-0.39, 0.29) is 5.75 Å². The third-order valence-corrected chi connectivity index (χ3v) is 4.01. The van der Waals surface area contributed by atoms with E-state index in [1.807, 2.05) is 13.1 Å². The topological polar surface area (TPSA) is 91.6 Å². The normalized spacial score (nSPS) is 11.1. The Kier molecular flexibility index (Phi) is 9.86. The summed E-state index contributed by atoms with van der Waals surface area (Å²) >= 11 is 0. The highest BCUT2D eigenvalue weighted by atomic mass is 19.3. The minimum atomic E-state index is -2.89. The lowest BCUT2D eigenvalue weighted by molar-refractivity contribution is -0.0515. The molecule has 0 aliphatic rings. The van der Waals surface area contributed by atoms with E-state index in [4.69, 9.17) is 10.00 Å². The number of pyridine rings is 1. The molecular weight excluding hydrogens is 392 g/mol. The second-order valence-electron chi connectivity index (χ2n) is 6.42. The first-order chi connectivity index (χ1) is 14.6. The standard InChI is InChI=1S/C21H25F2N5O2/c1-16-6-7-18(30-20(22)23)19(14-16)29-13-5-3-2-4-10-26-21(27-15-24)28-17-8-11-25-12-9-17/h6-9,11-12,14,20H,2-5,10,13H2,1H3,(H2,25,26,27,28). The third-order valence-electron chi connectivity index (χ3n) is 4.01. The van der Waals surface area contributed by atoms with Gasteiger partial charge in [0.15, 0.2) is 17.7 Å². The van der Waals surface area contributed by atoms with Gasteiger partial charge in [0.05, 0.1) is 6.61 Å². The van der Waals surface area contributed by atoms with Crippen molar-refractivity contribution in [2.45, 2.75) is 39.2 Å². The maximum atomic E-state index is 12.5. The van der Waals surface area contributed by atoms with Crippen LogP contribution in [0.25, 0.3) is 0 Å². The van der Waals surface area contributed by atoms with Gasteiger partial charge in [-0.2, -0.15) is 14.0 Å². The van der Waals surface area contributed by atoms with Crippen LogP contribution in [0.5, 0.6) is 11.5 Å². The zero-order chi connectivity index (χ0) is 21.6. The molecule has 7 nitrogen and oxygen atoms in total. The Morgan fingerprint density at radius 2 is 1.90 bits per heavy atom. The maximum absolute atomic E-state index is 12.5. The van der Waals surface area contributed by atoms with E-state index < -0.39 is 6.61 Å². The van der Waals surface area contributed by atoms with Crippen LogP contribution in [-0.2, 0) is 0 Å². The molecule has 9 heteroatoms. The first-order valence-corrected chi connectivity index (χ1v) is 9.63.